The van der Waals surface area contributed by atoms with Gasteiger partial charge < -0.3 is 14.9 Å². The fourth-order valence-corrected chi connectivity index (χ4v) is 1.29. The monoisotopic (exact) mass is 244 g/mol. The highest BCUT2D eigenvalue weighted by atomic mass is 35.5. The Labute approximate surface area is 98.4 Å². The van der Waals surface area contributed by atoms with Crippen LogP contribution in [0.4, 0.5) is 0 Å². The van der Waals surface area contributed by atoms with E-state index in [1.807, 2.05) is 0 Å². The number of aliphatic hydroxyl groups excluding tert-OH is 1. The second-order valence-electron chi connectivity index (χ2n) is 3.31. The van der Waals surface area contributed by atoms with Crippen LogP contribution in [0.2, 0.25) is 5.02 Å². The maximum Gasteiger partial charge on any atom is 0.347 e. The van der Waals surface area contributed by atoms with E-state index in [2.05, 4.69) is 0 Å². The molecule has 0 aliphatic carbocycles. The number of hydrogen-bond acceptors (Lipinski definition) is 3. The van der Waals surface area contributed by atoms with E-state index in [1.54, 1.807) is 31.2 Å². The predicted octanol–water partition coefficient (Wildman–Crippen LogP) is 1.94. The van der Waals surface area contributed by atoms with Gasteiger partial charge in [-0.2, -0.15) is 0 Å². The molecule has 0 spiro atoms. The number of aliphatic carboxylic acids is 1. The van der Waals surface area contributed by atoms with E-state index in [4.69, 9.17) is 21.4 Å². The molecule has 1 aromatic rings. The van der Waals surface area contributed by atoms with Crippen molar-refractivity contribution in [3.05, 3.63) is 29.3 Å². The zero-order chi connectivity index (χ0) is 12.1. The Morgan fingerprint density at radius 1 is 1.44 bits per heavy atom. The first-order valence-corrected chi connectivity index (χ1v) is 5.25. The lowest BCUT2D eigenvalue weighted by molar-refractivity contribution is -0.150. The normalized spacial score (nSPS) is 14.2. The summed E-state index contributed by atoms with van der Waals surface area (Å²) in [7, 11) is 0. The smallest absolute Gasteiger partial charge is 0.347 e. The lowest BCUT2D eigenvalue weighted by Gasteiger charge is -2.19. The third kappa shape index (κ3) is 3.40. The van der Waals surface area contributed by atoms with E-state index in [9.17, 15) is 9.90 Å². The number of aliphatic hydroxyl groups is 1. The maximum atomic E-state index is 10.9. The molecule has 4 nitrogen and oxygen atoms in total. The lowest BCUT2D eigenvalue weighted by atomic mass is 10.1. The van der Waals surface area contributed by atoms with E-state index in [0.29, 0.717) is 17.2 Å². The molecule has 0 saturated heterocycles. The van der Waals surface area contributed by atoms with E-state index in [1.165, 1.54) is 0 Å². The molecule has 88 valence electrons. The molecule has 1 aromatic carbocycles. The molecular weight excluding hydrogens is 232 g/mol. The number of carboxylic acid groups (broad SMARTS) is 1. The molecule has 0 heterocycles. The van der Waals surface area contributed by atoms with Gasteiger partial charge in [-0.05, 0) is 30.7 Å². The number of ether oxygens (including phenoxy) is 1. The zero-order valence-electron chi connectivity index (χ0n) is 8.76. The molecule has 5 heteroatoms. The average molecular weight is 245 g/mol. The summed E-state index contributed by atoms with van der Waals surface area (Å²) in [6, 6.07) is 6.30. The number of carbonyl (C=O) groups is 1. The van der Waals surface area contributed by atoms with Crippen LogP contribution in [0.25, 0.3) is 0 Å². The van der Waals surface area contributed by atoms with Gasteiger partial charge in [-0.15, -0.1) is 0 Å². The van der Waals surface area contributed by atoms with Crippen molar-refractivity contribution >= 4 is 17.6 Å². The third-order valence-corrected chi connectivity index (χ3v) is 2.34. The highest BCUT2D eigenvalue weighted by molar-refractivity contribution is 6.30. The molecule has 0 radical (unpaired) electrons. The van der Waals surface area contributed by atoms with Crippen LogP contribution in [0.15, 0.2) is 24.3 Å². The Morgan fingerprint density at radius 2 is 2.00 bits per heavy atom. The molecule has 0 aliphatic heterocycles. The van der Waals surface area contributed by atoms with Gasteiger partial charge in [0.15, 0.2) is 0 Å². The Bertz CT molecular complexity index is 350. The van der Waals surface area contributed by atoms with Crippen molar-refractivity contribution in [1.29, 1.82) is 0 Å². The molecule has 0 aromatic heterocycles. The minimum atomic E-state index is -1.26. The van der Waals surface area contributed by atoms with Gasteiger partial charge in [-0.1, -0.05) is 18.5 Å². The summed E-state index contributed by atoms with van der Waals surface area (Å²) >= 11 is 5.68. The fourth-order valence-electron chi connectivity index (χ4n) is 1.17. The van der Waals surface area contributed by atoms with Gasteiger partial charge in [0, 0.05) is 5.02 Å². The molecule has 16 heavy (non-hydrogen) atoms. The first kappa shape index (κ1) is 12.8. The highest BCUT2D eigenvalue weighted by Crippen LogP contribution is 2.18. The molecule has 2 unspecified atom stereocenters. The van der Waals surface area contributed by atoms with Gasteiger partial charge in [0.1, 0.15) is 11.9 Å². The van der Waals surface area contributed by atoms with Crippen LogP contribution >= 0.6 is 11.6 Å². The van der Waals surface area contributed by atoms with Gasteiger partial charge in [-0.3, -0.25) is 0 Å². The van der Waals surface area contributed by atoms with Crippen LogP contribution in [0.1, 0.15) is 13.3 Å². The third-order valence-electron chi connectivity index (χ3n) is 2.09. The lowest BCUT2D eigenvalue weighted by Crippen LogP contribution is -2.38. The van der Waals surface area contributed by atoms with Crippen LogP contribution in [0, 0.1) is 0 Å². The summed E-state index contributed by atoms with van der Waals surface area (Å²) in [5.74, 6) is -0.825. The van der Waals surface area contributed by atoms with Crippen molar-refractivity contribution in [1.82, 2.24) is 0 Å². The molecular formula is C11H13ClO4. The number of hydrogen-bond donors (Lipinski definition) is 2. The first-order chi connectivity index (χ1) is 7.54. The van der Waals surface area contributed by atoms with Crippen molar-refractivity contribution in [3.63, 3.8) is 0 Å². The molecule has 1 rings (SSSR count). The summed E-state index contributed by atoms with van der Waals surface area (Å²) in [5, 5.41) is 18.9. The number of halogens is 1. The van der Waals surface area contributed by atoms with Crippen molar-refractivity contribution in [2.45, 2.75) is 25.6 Å². The van der Waals surface area contributed by atoms with Crippen LogP contribution in [0.3, 0.4) is 0 Å². The molecule has 0 aliphatic rings. The van der Waals surface area contributed by atoms with Crippen LogP contribution in [0.5, 0.6) is 5.75 Å². The fraction of sp³-hybridized carbons (Fsp3) is 0.364. The topological polar surface area (TPSA) is 66.8 Å². The summed E-state index contributed by atoms with van der Waals surface area (Å²) in [6.45, 7) is 1.69. The standard InChI is InChI=1S/C11H13ClO4/c1-2-9(13)10(11(14)15)16-8-5-3-7(12)4-6-8/h3-6,9-10,13H,2H2,1H3,(H,14,15). The van der Waals surface area contributed by atoms with Crippen molar-refractivity contribution in [3.8, 4) is 5.75 Å². The predicted molar refractivity (Wildman–Crippen MR) is 59.8 cm³/mol. The molecule has 2 atom stereocenters. The Balaban J connectivity index is 2.75. The molecule has 0 saturated carbocycles. The van der Waals surface area contributed by atoms with Gasteiger partial charge in [0.05, 0.1) is 0 Å². The maximum absolute atomic E-state index is 10.9. The molecule has 0 fully saturated rings. The molecule has 0 amide bonds. The van der Waals surface area contributed by atoms with Gasteiger partial charge in [0.2, 0.25) is 6.10 Å². The summed E-state index contributed by atoms with van der Waals surface area (Å²) < 4.78 is 5.18. The quantitative estimate of drug-likeness (QED) is 0.831. The summed E-state index contributed by atoms with van der Waals surface area (Å²) in [5.41, 5.74) is 0. The highest BCUT2D eigenvalue weighted by Gasteiger charge is 2.27. The largest absolute Gasteiger partial charge is 0.478 e. The SMILES string of the molecule is CCC(O)C(Oc1ccc(Cl)cc1)C(=O)O. The minimum absolute atomic E-state index is 0.310. The van der Waals surface area contributed by atoms with Crippen LogP contribution in [-0.2, 0) is 4.79 Å². The number of carboxylic acids is 1. The summed E-state index contributed by atoms with van der Waals surface area (Å²) in [6.07, 6.45) is -1.98. The second kappa shape index (κ2) is 5.72. The van der Waals surface area contributed by atoms with E-state index < -0.39 is 18.2 Å². The average Bonchev–Trinajstić information content (AvgIpc) is 2.27. The van der Waals surface area contributed by atoms with Gasteiger partial charge in [0.25, 0.3) is 0 Å². The Kier molecular flexibility index (Phi) is 4.58. The van der Waals surface area contributed by atoms with Gasteiger partial charge >= 0.3 is 5.97 Å². The van der Waals surface area contributed by atoms with Gasteiger partial charge in [-0.25, -0.2) is 4.79 Å². The number of rotatable bonds is 5. The minimum Gasteiger partial charge on any atom is -0.478 e. The van der Waals surface area contributed by atoms with Crippen molar-refractivity contribution < 1.29 is 19.7 Å². The molecule has 0 bridgehead atoms. The summed E-state index contributed by atoms with van der Waals surface area (Å²) in [4.78, 5) is 10.9. The van der Waals surface area contributed by atoms with E-state index >= 15 is 0 Å². The number of benzene rings is 1. The van der Waals surface area contributed by atoms with Crippen LogP contribution in [-0.4, -0.2) is 28.4 Å². The van der Waals surface area contributed by atoms with Crippen molar-refractivity contribution in [2.24, 2.45) is 0 Å². The zero-order valence-corrected chi connectivity index (χ0v) is 9.52. The van der Waals surface area contributed by atoms with Crippen LogP contribution < -0.4 is 4.74 Å². The van der Waals surface area contributed by atoms with E-state index in [0.717, 1.165) is 0 Å². The van der Waals surface area contributed by atoms with E-state index in [-0.39, 0.29) is 0 Å². The molecule has 2 N–H and O–H groups in total. The first-order valence-electron chi connectivity index (χ1n) is 4.87. The Morgan fingerprint density at radius 3 is 2.44 bits per heavy atom. The Hall–Kier alpha value is -1.26. The van der Waals surface area contributed by atoms with Crippen molar-refractivity contribution in [2.75, 3.05) is 0 Å². The second-order valence-corrected chi connectivity index (χ2v) is 3.74.